The summed E-state index contributed by atoms with van der Waals surface area (Å²) in [7, 11) is 1.62. The molecule has 5 nitrogen and oxygen atoms in total. The molecule has 0 aliphatic carbocycles. The molecule has 3 aromatic rings. The average Bonchev–Trinajstić information content (AvgIpc) is 2.59. The summed E-state index contributed by atoms with van der Waals surface area (Å²) < 4.78 is 5.35. The Kier molecular flexibility index (Phi) is 5.26. The van der Waals surface area contributed by atoms with Crippen LogP contribution in [0.4, 0.5) is 23.1 Å². The SMILES string of the molecule is COc1ccccc1Nc1cc(C)nc(Nc2cccc(Cl)c2Cl)n1. The van der Waals surface area contributed by atoms with Gasteiger partial charge in [-0.2, -0.15) is 4.98 Å². The van der Waals surface area contributed by atoms with E-state index >= 15 is 0 Å². The van der Waals surface area contributed by atoms with Crippen LogP contribution in [-0.2, 0) is 0 Å². The van der Waals surface area contributed by atoms with Gasteiger partial charge in [0.15, 0.2) is 0 Å². The molecule has 0 aliphatic heterocycles. The normalized spacial score (nSPS) is 10.4. The van der Waals surface area contributed by atoms with Gasteiger partial charge in [-0.05, 0) is 31.2 Å². The minimum Gasteiger partial charge on any atom is -0.495 e. The van der Waals surface area contributed by atoms with E-state index in [9.17, 15) is 0 Å². The molecule has 0 aliphatic rings. The lowest BCUT2D eigenvalue weighted by Gasteiger charge is -2.13. The van der Waals surface area contributed by atoms with Crippen molar-refractivity contribution in [1.82, 2.24) is 9.97 Å². The molecule has 0 radical (unpaired) electrons. The number of rotatable bonds is 5. The summed E-state index contributed by atoms with van der Waals surface area (Å²) >= 11 is 12.3. The van der Waals surface area contributed by atoms with Gasteiger partial charge in [-0.1, -0.05) is 41.4 Å². The van der Waals surface area contributed by atoms with Gasteiger partial charge >= 0.3 is 0 Å². The van der Waals surface area contributed by atoms with Crippen LogP contribution in [0.1, 0.15) is 5.69 Å². The van der Waals surface area contributed by atoms with Crippen LogP contribution in [0.5, 0.6) is 5.75 Å². The highest BCUT2D eigenvalue weighted by Crippen LogP contribution is 2.32. The molecule has 0 amide bonds. The Morgan fingerprint density at radius 3 is 2.48 bits per heavy atom. The lowest BCUT2D eigenvalue weighted by molar-refractivity contribution is 0.417. The molecule has 0 unspecified atom stereocenters. The zero-order valence-corrected chi connectivity index (χ0v) is 15.2. The lowest BCUT2D eigenvalue weighted by Crippen LogP contribution is -2.03. The first-order chi connectivity index (χ1) is 12.1. The molecule has 7 heteroatoms. The third kappa shape index (κ3) is 4.13. The highest BCUT2D eigenvalue weighted by atomic mass is 35.5. The quantitative estimate of drug-likeness (QED) is 0.609. The van der Waals surface area contributed by atoms with E-state index in [1.807, 2.05) is 43.3 Å². The van der Waals surface area contributed by atoms with Crippen molar-refractivity contribution in [3.05, 3.63) is 64.3 Å². The van der Waals surface area contributed by atoms with E-state index in [0.29, 0.717) is 27.5 Å². The number of halogens is 2. The largest absolute Gasteiger partial charge is 0.495 e. The Labute approximate surface area is 156 Å². The maximum Gasteiger partial charge on any atom is 0.229 e. The van der Waals surface area contributed by atoms with Crippen molar-refractivity contribution in [2.75, 3.05) is 17.7 Å². The van der Waals surface area contributed by atoms with Gasteiger partial charge in [-0.3, -0.25) is 0 Å². The van der Waals surface area contributed by atoms with Crippen molar-refractivity contribution in [1.29, 1.82) is 0 Å². The molecular weight excluding hydrogens is 359 g/mol. The van der Waals surface area contributed by atoms with E-state index < -0.39 is 0 Å². The summed E-state index contributed by atoms with van der Waals surface area (Å²) in [5.41, 5.74) is 2.26. The summed E-state index contributed by atoms with van der Waals surface area (Å²) in [5, 5.41) is 7.23. The van der Waals surface area contributed by atoms with Gasteiger partial charge in [0.2, 0.25) is 5.95 Å². The number of nitrogens with zero attached hydrogens (tertiary/aromatic N) is 2. The molecule has 128 valence electrons. The molecule has 2 aromatic carbocycles. The molecule has 1 aromatic heterocycles. The van der Waals surface area contributed by atoms with Crippen LogP contribution >= 0.6 is 23.2 Å². The Morgan fingerprint density at radius 1 is 0.920 bits per heavy atom. The molecule has 0 saturated heterocycles. The van der Waals surface area contributed by atoms with E-state index in [1.165, 1.54) is 0 Å². The number of aryl methyl sites for hydroxylation is 1. The molecule has 0 saturated carbocycles. The number of anilines is 4. The number of methoxy groups -OCH3 is 1. The van der Waals surface area contributed by atoms with Crippen molar-refractivity contribution in [2.45, 2.75) is 6.92 Å². The molecule has 0 spiro atoms. The van der Waals surface area contributed by atoms with Gasteiger partial charge in [0.05, 0.1) is 28.5 Å². The maximum atomic E-state index is 6.21. The fourth-order valence-electron chi connectivity index (χ4n) is 2.30. The number of aromatic nitrogens is 2. The van der Waals surface area contributed by atoms with E-state index in [0.717, 1.165) is 17.1 Å². The second-order valence-electron chi connectivity index (χ2n) is 5.27. The van der Waals surface area contributed by atoms with E-state index in [1.54, 1.807) is 19.2 Å². The van der Waals surface area contributed by atoms with Crippen molar-refractivity contribution in [2.24, 2.45) is 0 Å². The molecule has 25 heavy (non-hydrogen) atoms. The maximum absolute atomic E-state index is 6.21. The van der Waals surface area contributed by atoms with Crippen molar-refractivity contribution >= 4 is 46.3 Å². The zero-order valence-electron chi connectivity index (χ0n) is 13.7. The minimum absolute atomic E-state index is 0.418. The van der Waals surface area contributed by atoms with Gasteiger partial charge in [-0.25, -0.2) is 4.98 Å². The first-order valence-corrected chi connectivity index (χ1v) is 8.29. The van der Waals surface area contributed by atoms with Gasteiger partial charge in [0, 0.05) is 11.8 Å². The Morgan fingerprint density at radius 2 is 1.68 bits per heavy atom. The standard InChI is InChI=1S/C18H16Cl2N4O/c1-11-10-16(22-13-7-3-4-9-15(13)25-2)24-18(21-11)23-14-8-5-6-12(19)17(14)20/h3-10H,1-2H3,(H2,21,22,23,24). The Bertz CT molecular complexity index is 902. The highest BCUT2D eigenvalue weighted by Gasteiger charge is 2.09. The lowest BCUT2D eigenvalue weighted by atomic mass is 10.3. The molecule has 2 N–H and O–H groups in total. The van der Waals surface area contributed by atoms with Crippen LogP contribution in [-0.4, -0.2) is 17.1 Å². The second-order valence-corrected chi connectivity index (χ2v) is 6.05. The summed E-state index contributed by atoms with van der Waals surface area (Å²) in [6, 6.07) is 14.8. The van der Waals surface area contributed by atoms with Crippen LogP contribution < -0.4 is 15.4 Å². The monoisotopic (exact) mass is 374 g/mol. The summed E-state index contributed by atoms with van der Waals surface area (Å²) in [4.78, 5) is 8.87. The first-order valence-electron chi connectivity index (χ1n) is 7.53. The summed E-state index contributed by atoms with van der Waals surface area (Å²) in [6.45, 7) is 1.89. The van der Waals surface area contributed by atoms with Crippen LogP contribution in [0, 0.1) is 6.92 Å². The van der Waals surface area contributed by atoms with Crippen molar-refractivity contribution in [3.63, 3.8) is 0 Å². The van der Waals surface area contributed by atoms with Gasteiger partial charge < -0.3 is 15.4 Å². The second kappa shape index (κ2) is 7.59. The molecule has 3 rings (SSSR count). The molecular formula is C18H16Cl2N4O. The smallest absolute Gasteiger partial charge is 0.229 e. The summed E-state index contributed by atoms with van der Waals surface area (Å²) in [6.07, 6.45) is 0. The fraction of sp³-hybridized carbons (Fsp3) is 0.111. The van der Waals surface area contributed by atoms with Gasteiger partial charge in [0.1, 0.15) is 11.6 Å². The predicted molar refractivity (Wildman–Crippen MR) is 103 cm³/mol. The van der Waals surface area contributed by atoms with Crippen LogP contribution in [0.15, 0.2) is 48.5 Å². The third-order valence-electron chi connectivity index (χ3n) is 3.42. The van der Waals surface area contributed by atoms with Gasteiger partial charge in [0.25, 0.3) is 0 Å². The number of nitrogens with one attached hydrogen (secondary N) is 2. The Hall–Kier alpha value is -2.50. The van der Waals surface area contributed by atoms with E-state index in [2.05, 4.69) is 20.6 Å². The zero-order chi connectivity index (χ0) is 17.8. The molecule has 0 bridgehead atoms. The van der Waals surface area contributed by atoms with Crippen LogP contribution in [0.25, 0.3) is 0 Å². The first kappa shape index (κ1) is 17.3. The average molecular weight is 375 g/mol. The van der Waals surface area contributed by atoms with Crippen molar-refractivity contribution in [3.8, 4) is 5.75 Å². The third-order valence-corrected chi connectivity index (χ3v) is 4.24. The fourth-order valence-corrected chi connectivity index (χ4v) is 2.64. The number of para-hydroxylation sites is 2. The van der Waals surface area contributed by atoms with E-state index in [4.69, 9.17) is 27.9 Å². The Balaban J connectivity index is 1.89. The predicted octanol–water partition coefficient (Wildman–Crippen LogP) is 5.59. The van der Waals surface area contributed by atoms with Gasteiger partial charge in [-0.15, -0.1) is 0 Å². The number of ether oxygens (including phenoxy) is 1. The van der Waals surface area contributed by atoms with Crippen molar-refractivity contribution < 1.29 is 4.74 Å². The number of hydrogen-bond acceptors (Lipinski definition) is 5. The van der Waals surface area contributed by atoms with Crippen LogP contribution in [0.3, 0.4) is 0 Å². The topological polar surface area (TPSA) is 59.1 Å². The minimum atomic E-state index is 0.418. The van der Waals surface area contributed by atoms with Crippen LogP contribution in [0.2, 0.25) is 10.0 Å². The molecule has 1 heterocycles. The summed E-state index contributed by atoms with van der Waals surface area (Å²) in [5.74, 6) is 1.78. The molecule has 0 fully saturated rings. The highest BCUT2D eigenvalue weighted by molar-refractivity contribution is 6.43. The number of benzene rings is 2. The molecule has 0 atom stereocenters. The van der Waals surface area contributed by atoms with E-state index in [-0.39, 0.29) is 0 Å². The number of hydrogen-bond donors (Lipinski definition) is 2.